The summed E-state index contributed by atoms with van der Waals surface area (Å²) in [6, 6.07) is 17.3. The Kier molecular flexibility index (Phi) is 3.25. The zero-order valence-corrected chi connectivity index (χ0v) is 11.2. The summed E-state index contributed by atoms with van der Waals surface area (Å²) in [4.78, 5) is 12.6. The molecule has 0 heterocycles. The van der Waals surface area contributed by atoms with Crippen LogP contribution in [0.3, 0.4) is 0 Å². The molecular formula is C17H10ClFO. The maximum absolute atomic E-state index is 13.5. The van der Waals surface area contributed by atoms with Crippen molar-refractivity contribution in [2.24, 2.45) is 0 Å². The van der Waals surface area contributed by atoms with Gasteiger partial charge < -0.3 is 0 Å². The normalized spacial score (nSPS) is 10.7. The summed E-state index contributed by atoms with van der Waals surface area (Å²) in [6.07, 6.45) is 0. The van der Waals surface area contributed by atoms with Crippen molar-refractivity contribution in [3.8, 4) is 0 Å². The SMILES string of the molecule is O=C(c1cccc(F)c1Cl)c1cccc2ccccc12. The van der Waals surface area contributed by atoms with Crippen molar-refractivity contribution < 1.29 is 9.18 Å². The zero-order valence-electron chi connectivity index (χ0n) is 10.4. The predicted octanol–water partition coefficient (Wildman–Crippen LogP) is 4.86. The summed E-state index contributed by atoms with van der Waals surface area (Å²) in [7, 11) is 0. The molecule has 0 saturated heterocycles. The highest BCUT2D eigenvalue weighted by atomic mass is 35.5. The number of rotatable bonds is 2. The molecule has 0 unspecified atom stereocenters. The standard InChI is InChI=1S/C17H10ClFO/c18-16-14(9-4-10-15(16)19)17(20)13-8-3-6-11-5-1-2-7-12(11)13/h1-10H. The number of hydrogen-bond acceptors (Lipinski definition) is 1. The second-order valence-corrected chi connectivity index (χ2v) is 4.84. The van der Waals surface area contributed by atoms with Gasteiger partial charge in [-0.15, -0.1) is 0 Å². The van der Waals surface area contributed by atoms with Gasteiger partial charge in [-0.25, -0.2) is 4.39 Å². The Morgan fingerprint density at radius 3 is 2.35 bits per heavy atom. The lowest BCUT2D eigenvalue weighted by molar-refractivity contribution is 0.104. The summed E-state index contributed by atoms with van der Waals surface area (Å²) >= 11 is 5.89. The smallest absolute Gasteiger partial charge is 0.195 e. The number of carbonyl (C=O) groups is 1. The molecule has 0 aromatic heterocycles. The topological polar surface area (TPSA) is 17.1 Å². The van der Waals surface area contributed by atoms with Crippen molar-refractivity contribution in [2.75, 3.05) is 0 Å². The van der Waals surface area contributed by atoms with Crippen LogP contribution in [0.4, 0.5) is 4.39 Å². The maximum Gasteiger partial charge on any atom is 0.195 e. The van der Waals surface area contributed by atoms with E-state index in [1.807, 2.05) is 36.4 Å². The van der Waals surface area contributed by atoms with Crippen molar-refractivity contribution >= 4 is 28.2 Å². The molecule has 20 heavy (non-hydrogen) atoms. The van der Waals surface area contributed by atoms with Crippen molar-refractivity contribution in [2.45, 2.75) is 0 Å². The second-order valence-electron chi connectivity index (χ2n) is 4.46. The quantitative estimate of drug-likeness (QED) is 0.614. The van der Waals surface area contributed by atoms with Crippen molar-refractivity contribution in [1.82, 2.24) is 0 Å². The van der Waals surface area contributed by atoms with E-state index in [-0.39, 0.29) is 16.4 Å². The predicted molar refractivity (Wildman–Crippen MR) is 78.8 cm³/mol. The fourth-order valence-electron chi connectivity index (χ4n) is 2.25. The molecule has 0 aliphatic rings. The minimum atomic E-state index is -0.585. The van der Waals surface area contributed by atoms with Gasteiger partial charge in [-0.1, -0.05) is 60.1 Å². The van der Waals surface area contributed by atoms with E-state index in [4.69, 9.17) is 11.6 Å². The lowest BCUT2D eigenvalue weighted by Crippen LogP contribution is -2.04. The van der Waals surface area contributed by atoms with Gasteiger partial charge in [0.05, 0.1) is 5.02 Å². The minimum Gasteiger partial charge on any atom is -0.289 e. The summed E-state index contributed by atoms with van der Waals surface area (Å²) in [5, 5.41) is 1.66. The van der Waals surface area contributed by atoms with Gasteiger partial charge in [0.15, 0.2) is 5.78 Å². The minimum absolute atomic E-state index is 0.134. The fraction of sp³-hybridized carbons (Fsp3) is 0. The molecule has 98 valence electrons. The van der Waals surface area contributed by atoms with Gasteiger partial charge in [0.25, 0.3) is 0 Å². The summed E-state index contributed by atoms with van der Waals surface area (Å²) < 4.78 is 13.5. The molecule has 1 nitrogen and oxygen atoms in total. The Morgan fingerprint density at radius 1 is 0.850 bits per heavy atom. The molecule has 0 fully saturated rings. The monoisotopic (exact) mass is 284 g/mol. The van der Waals surface area contributed by atoms with Crippen LogP contribution < -0.4 is 0 Å². The van der Waals surface area contributed by atoms with E-state index in [1.54, 1.807) is 6.07 Å². The molecule has 0 bridgehead atoms. The van der Waals surface area contributed by atoms with E-state index in [2.05, 4.69) is 0 Å². The molecular weight excluding hydrogens is 275 g/mol. The molecule has 3 rings (SSSR count). The molecule has 3 heteroatoms. The van der Waals surface area contributed by atoms with Gasteiger partial charge in [0.1, 0.15) is 5.82 Å². The number of hydrogen-bond donors (Lipinski definition) is 0. The van der Waals surface area contributed by atoms with E-state index >= 15 is 0 Å². The first kappa shape index (κ1) is 12.8. The first-order valence-corrected chi connectivity index (χ1v) is 6.53. The van der Waals surface area contributed by atoms with Crippen LogP contribution in [0.15, 0.2) is 60.7 Å². The third kappa shape index (κ3) is 2.08. The molecule has 3 aromatic carbocycles. The first-order chi connectivity index (χ1) is 9.68. The third-order valence-electron chi connectivity index (χ3n) is 3.23. The van der Waals surface area contributed by atoms with E-state index in [0.717, 1.165) is 10.8 Å². The average molecular weight is 285 g/mol. The van der Waals surface area contributed by atoms with E-state index in [0.29, 0.717) is 5.56 Å². The highest BCUT2D eigenvalue weighted by Crippen LogP contribution is 2.26. The highest BCUT2D eigenvalue weighted by molar-refractivity contribution is 6.35. The van der Waals surface area contributed by atoms with Gasteiger partial charge in [0, 0.05) is 11.1 Å². The number of benzene rings is 3. The largest absolute Gasteiger partial charge is 0.289 e. The molecule has 0 spiro atoms. The Morgan fingerprint density at radius 2 is 1.50 bits per heavy atom. The number of fused-ring (bicyclic) bond motifs is 1. The molecule has 0 saturated carbocycles. The second kappa shape index (κ2) is 5.06. The zero-order chi connectivity index (χ0) is 14.1. The van der Waals surface area contributed by atoms with Crippen LogP contribution in [0, 0.1) is 5.82 Å². The molecule has 0 amide bonds. The van der Waals surface area contributed by atoms with Gasteiger partial charge in [-0.05, 0) is 22.9 Å². The molecule has 0 N–H and O–H groups in total. The van der Waals surface area contributed by atoms with Crippen LogP contribution in [0.2, 0.25) is 5.02 Å². The van der Waals surface area contributed by atoms with Gasteiger partial charge in [0.2, 0.25) is 0 Å². The molecule has 0 atom stereocenters. The van der Waals surface area contributed by atoms with Crippen LogP contribution in [-0.4, -0.2) is 5.78 Å². The number of halogens is 2. The Bertz CT molecular complexity index is 806. The maximum atomic E-state index is 13.5. The van der Waals surface area contributed by atoms with Crippen molar-refractivity contribution in [3.05, 3.63) is 82.6 Å². The van der Waals surface area contributed by atoms with Crippen LogP contribution in [0.25, 0.3) is 10.8 Å². The van der Waals surface area contributed by atoms with E-state index in [9.17, 15) is 9.18 Å². The van der Waals surface area contributed by atoms with Crippen LogP contribution in [0.1, 0.15) is 15.9 Å². The molecule has 0 radical (unpaired) electrons. The van der Waals surface area contributed by atoms with Crippen LogP contribution in [0.5, 0.6) is 0 Å². The molecule has 0 aliphatic heterocycles. The first-order valence-electron chi connectivity index (χ1n) is 6.15. The third-order valence-corrected chi connectivity index (χ3v) is 3.61. The van der Waals surface area contributed by atoms with E-state index < -0.39 is 5.82 Å². The average Bonchev–Trinajstić information content (AvgIpc) is 2.49. The fourth-order valence-corrected chi connectivity index (χ4v) is 2.46. The van der Waals surface area contributed by atoms with Crippen molar-refractivity contribution in [3.63, 3.8) is 0 Å². The van der Waals surface area contributed by atoms with Crippen LogP contribution in [-0.2, 0) is 0 Å². The lowest BCUT2D eigenvalue weighted by atomic mass is 9.97. The van der Waals surface area contributed by atoms with Crippen LogP contribution >= 0.6 is 11.6 Å². The summed E-state index contributed by atoms with van der Waals surface area (Å²) in [5.41, 5.74) is 0.707. The van der Waals surface area contributed by atoms with Gasteiger partial charge >= 0.3 is 0 Å². The molecule has 3 aromatic rings. The number of carbonyl (C=O) groups excluding carboxylic acids is 1. The highest BCUT2D eigenvalue weighted by Gasteiger charge is 2.17. The summed E-state index contributed by atoms with van der Waals surface area (Å²) in [5.74, 6) is -0.857. The molecule has 0 aliphatic carbocycles. The lowest BCUT2D eigenvalue weighted by Gasteiger charge is -2.07. The Labute approximate surface area is 120 Å². The number of ketones is 1. The Hall–Kier alpha value is -2.19. The van der Waals surface area contributed by atoms with Gasteiger partial charge in [-0.2, -0.15) is 0 Å². The van der Waals surface area contributed by atoms with Gasteiger partial charge in [-0.3, -0.25) is 4.79 Å². The Balaban J connectivity index is 2.21. The summed E-state index contributed by atoms with van der Waals surface area (Å²) in [6.45, 7) is 0. The van der Waals surface area contributed by atoms with E-state index in [1.165, 1.54) is 18.2 Å². The van der Waals surface area contributed by atoms with Crippen molar-refractivity contribution in [1.29, 1.82) is 0 Å².